The van der Waals surface area contributed by atoms with Crippen molar-refractivity contribution in [3.05, 3.63) is 95.3 Å². The third kappa shape index (κ3) is 5.86. The number of nitrogens with one attached hydrogen (secondary N) is 2. The number of hydrogen-bond acceptors (Lipinski definition) is 4. The number of carbonyl (C=O) groups is 1. The van der Waals surface area contributed by atoms with Crippen LogP contribution in [0.4, 0.5) is 4.39 Å². The van der Waals surface area contributed by atoms with E-state index in [4.69, 9.17) is 9.47 Å². The first kappa shape index (κ1) is 23.3. The molecular weight excluding hydrogens is 407 g/mol. The normalized spacial score (nSPS) is 12.6. The van der Waals surface area contributed by atoms with Crippen molar-refractivity contribution in [1.82, 2.24) is 10.6 Å². The molecule has 0 heterocycles. The van der Waals surface area contributed by atoms with Crippen LogP contribution < -0.4 is 20.1 Å². The Kier molecular flexibility index (Phi) is 8.22. The number of carbonyl (C=O) groups excluding carboxylic acids is 1. The van der Waals surface area contributed by atoms with Crippen molar-refractivity contribution in [3.63, 3.8) is 0 Å². The van der Waals surface area contributed by atoms with E-state index in [1.165, 1.54) is 12.1 Å². The number of ether oxygens (including phenoxy) is 2. The topological polar surface area (TPSA) is 59.6 Å². The summed E-state index contributed by atoms with van der Waals surface area (Å²) in [7, 11) is 4.82. The molecule has 0 aliphatic heterocycles. The van der Waals surface area contributed by atoms with Gasteiger partial charge in [0.15, 0.2) is 11.5 Å². The molecule has 3 rings (SSSR count). The van der Waals surface area contributed by atoms with Crippen molar-refractivity contribution >= 4 is 5.91 Å². The number of aryl methyl sites for hydroxylation is 1. The van der Waals surface area contributed by atoms with Crippen LogP contribution in [0.1, 0.15) is 35.2 Å². The number of halogens is 1. The van der Waals surface area contributed by atoms with Gasteiger partial charge in [-0.05, 0) is 53.8 Å². The lowest BCUT2D eigenvalue weighted by Gasteiger charge is -2.26. The van der Waals surface area contributed by atoms with Gasteiger partial charge < -0.3 is 14.8 Å². The molecule has 0 unspecified atom stereocenters. The molecule has 0 fully saturated rings. The highest BCUT2D eigenvalue weighted by Gasteiger charge is 2.24. The number of hydrogen-bond donors (Lipinski definition) is 2. The SMILES string of the molecule is CNC(=O)[C@H](N[C@@H](CCc1ccc(F)cc1)c1ccc(OC)c(OC)c1)c1ccccc1. The smallest absolute Gasteiger partial charge is 0.241 e. The van der Waals surface area contributed by atoms with Crippen molar-refractivity contribution in [2.75, 3.05) is 21.3 Å². The summed E-state index contributed by atoms with van der Waals surface area (Å²) in [5, 5.41) is 6.28. The highest BCUT2D eigenvalue weighted by Crippen LogP contribution is 2.32. The van der Waals surface area contributed by atoms with Gasteiger partial charge in [-0.3, -0.25) is 10.1 Å². The Labute approximate surface area is 188 Å². The first-order chi connectivity index (χ1) is 15.5. The van der Waals surface area contributed by atoms with Gasteiger partial charge >= 0.3 is 0 Å². The molecule has 0 spiro atoms. The monoisotopic (exact) mass is 436 g/mol. The van der Waals surface area contributed by atoms with E-state index in [9.17, 15) is 9.18 Å². The van der Waals surface area contributed by atoms with Crippen molar-refractivity contribution < 1.29 is 18.7 Å². The highest BCUT2D eigenvalue weighted by atomic mass is 19.1. The lowest BCUT2D eigenvalue weighted by molar-refractivity contribution is -0.123. The van der Waals surface area contributed by atoms with E-state index in [2.05, 4.69) is 10.6 Å². The van der Waals surface area contributed by atoms with Gasteiger partial charge in [-0.2, -0.15) is 0 Å². The van der Waals surface area contributed by atoms with Gasteiger partial charge in [0.25, 0.3) is 0 Å². The minimum absolute atomic E-state index is 0.122. The zero-order valence-corrected chi connectivity index (χ0v) is 18.6. The average molecular weight is 437 g/mol. The van der Waals surface area contributed by atoms with Crippen molar-refractivity contribution in [3.8, 4) is 11.5 Å². The Morgan fingerprint density at radius 2 is 1.59 bits per heavy atom. The fourth-order valence-electron chi connectivity index (χ4n) is 3.69. The second-order valence-electron chi connectivity index (χ2n) is 7.46. The summed E-state index contributed by atoms with van der Waals surface area (Å²) in [6.07, 6.45) is 1.41. The standard InChI is InChI=1S/C26H29FN2O3/c1-28-26(30)25(19-7-5-4-6-8-19)29-22(15-11-18-9-13-21(27)14-10-18)20-12-16-23(31-2)24(17-20)32-3/h4-10,12-14,16-17,22,25,29H,11,15H2,1-3H3,(H,28,30)/t22-,25+/m0/s1. The Morgan fingerprint density at radius 1 is 0.906 bits per heavy atom. The van der Waals surface area contributed by atoms with Crippen LogP contribution in [0, 0.1) is 5.82 Å². The lowest BCUT2D eigenvalue weighted by Crippen LogP contribution is -2.38. The van der Waals surface area contributed by atoms with E-state index in [-0.39, 0.29) is 17.8 Å². The number of likely N-dealkylation sites (N-methyl/N-ethyl adjacent to an activating group) is 1. The summed E-state index contributed by atoms with van der Waals surface area (Å²) in [6.45, 7) is 0. The number of rotatable bonds is 10. The second-order valence-corrected chi connectivity index (χ2v) is 7.46. The van der Waals surface area contributed by atoms with E-state index >= 15 is 0 Å². The maximum atomic E-state index is 13.3. The first-order valence-corrected chi connectivity index (χ1v) is 10.5. The predicted octanol–water partition coefficient (Wildman–Crippen LogP) is 4.59. The van der Waals surface area contributed by atoms with Gasteiger partial charge in [0.05, 0.1) is 14.2 Å². The number of amides is 1. The minimum atomic E-state index is -0.535. The third-order valence-corrected chi connectivity index (χ3v) is 5.45. The maximum absolute atomic E-state index is 13.3. The first-order valence-electron chi connectivity index (χ1n) is 10.5. The Morgan fingerprint density at radius 3 is 2.22 bits per heavy atom. The van der Waals surface area contributed by atoms with Crippen LogP contribution in [-0.4, -0.2) is 27.2 Å². The summed E-state index contributed by atoms with van der Waals surface area (Å²) in [5.74, 6) is 0.879. The average Bonchev–Trinajstić information content (AvgIpc) is 2.85. The van der Waals surface area contributed by atoms with Gasteiger partial charge in [0.1, 0.15) is 11.9 Å². The summed E-state index contributed by atoms with van der Waals surface area (Å²) < 4.78 is 24.2. The van der Waals surface area contributed by atoms with Crippen molar-refractivity contribution in [1.29, 1.82) is 0 Å². The largest absolute Gasteiger partial charge is 0.493 e. The second kappa shape index (κ2) is 11.3. The van der Waals surface area contributed by atoms with Gasteiger partial charge in [-0.1, -0.05) is 48.5 Å². The number of methoxy groups -OCH3 is 2. The zero-order chi connectivity index (χ0) is 22.9. The molecule has 0 saturated carbocycles. The van der Waals surface area contributed by atoms with Crippen LogP contribution in [-0.2, 0) is 11.2 Å². The molecular formula is C26H29FN2O3. The highest BCUT2D eigenvalue weighted by molar-refractivity contribution is 5.83. The minimum Gasteiger partial charge on any atom is -0.493 e. The van der Waals surface area contributed by atoms with E-state index in [1.54, 1.807) is 33.4 Å². The van der Waals surface area contributed by atoms with E-state index in [0.29, 0.717) is 24.3 Å². The Hall–Kier alpha value is -3.38. The van der Waals surface area contributed by atoms with Gasteiger partial charge in [-0.15, -0.1) is 0 Å². The third-order valence-electron chi connectivity index (χ3n) is 5.45. The van der Waals surface area contributed by atoms with E-state index in [0.717, 1.165) is 16.7 Å². The molecule has 2 N–H and O–H groups in total. The zero-order valence-electron chi connectivity index (χ0n) is 18.6. The van der Waals surface area contributed by atoms with Crippen LogP contribution in [0.25, 0.3) is 0 Å². The Balaban J connectivity index is 1.93. The van der Waals surface area contributed by atoms with Crippen LogP contribution >= 0.6 is 0 Å². The van der Waals surface area contributed by atoms with Crippen LogP contribution in [0.5, 0.6) is 11.5 Å². The molecule has 0 bridgehead atoms. The molecule has 5 nitrogen and oxygen atoms in total. The van der Waals surface area contributed by atoms with E-state index < -0.39 is 6.04 Å². The van der Waals surface area contributed by atoms with Gasteiger partial charge in [-0.25, -0.2) is 4.39 Å². The molecule has 3 aromatic rings. The Bertz CT molecular complexity index is 1010. The molecule has 168 valence electrons. The molecule has 32 heavy (non-hydrogen) atoms. The van der Waals surface area contributed by atoms with Gasteiger partial charge in [0.2, 0.25) is 5.91 Å². The molecule has 0 radical (unpaired) electrons. The summed E-state index contributed by atoms with van der Waals surface area (Å²) in [4.78, 5) is 12.8. The summed E-state index contributed by atoms with van der Waals surface area (Å²) in [6, 6.07) is 21.2. The molecule has 6 heteroatoms. The molecule has 0 aliphatic carbocycles. The maximum Gasteiger partial charge on any atom is 0.241 e. The van der Waals surface area contributed by atoms with Crippen molar-refractivity contribution in [2.24, 2.45) is 0 Å². The number of benzene rings is 3. The van der Waals surface area contributed by atoms with Crippen LogP contribution in [0.2, 0.25) is 0 Å². The molecule has 0 aromatic heterocycles. The molecule has 2 atom stereocenters. The predicted molar refractivity (Wildman–Crippen MR) is 123 cm³/mol. The molecule has 1 amide bonds. The summed E-state index contributed by atoms with van der Waals surface area (Å²) >= 11 is 0. The van der Waals surface area contributed by atoms with Crippen LogP contribution in [0.3, 0.4) is 0 Å². The summed E-state index contributed by atoms with van der Waals surface area (Å²) in [5.41, 5.74) is 2.86. The van der Waals surface area contributed by atoms with Gasteiger partial charge in [0, 0.05) is 13.1 Å². The fourth-order valence-corrected chi connectivity index (χ4v) is 3.69. The fraction of sp³-hybridized carbons (Fsp3) is 0.269. The molecule has 0 saturated heterocycles. The quantitative estimate of drug-likeness (QED) is 0.488. The molecule has 3 aromatic carbocycles. The van der Waals surface area contributed by atoms with Crippen molar-refractivity contribution in [2.45, 2.75) is 24.9 Å². The molecule has 0 aliphatic rings. The van der Waals surface area contributed by atoms with E-state index in [1.807, 2.05) is 48.5 Å². The lowest BCUT2D eigenvalue weighted by atomic mass is 9.96. The van der Waals surface area contributed by atoms with Crippen LogP contribution in [0.15, 0.2) is 72.8 Å².